The highest BCUT2D eigenvalue weighted by Crippen LogP contribution is 2.24. The molecule has 3 nitrogen and oxygen atoms in total. The molecule has 0 radical (unpaired) electrons. The second-order valence-electron chi connectivity index (χ2n) is 6.73. The number of unbranched alkanes of at least 4 members (excludes halogenated alkanes) is 1. The lowest BCUT2D eigenvalue weighted by Gasteiger charge is -2.15. The molecule has 1 atom stereocenters. The fourth-order valence-electron chi connectivity index (χ4n) is 3.02. The number of benzene rings is 2. The van der Waals surface area contributed by atoms with E-state index < -0.39 is 5.97 Å². The zero-order valence-corrected chi connectivity index (χ0v) is 16.2. The van der Waals surface area contributed by atoms with Gasteiger partial charge >= 0.3 is 5.97 Å². The lowest BCUT2D eigenvalue weighted by molar-refractivity contribution is -0.128. The molecule has 2 aromatic rings. The van der Waals surface area contributed by atoms with Crippen LogP contribution >= 0.6 is 0 Å². The summed E-state index contributed by atoms with van der Waals surface area (Å²) in [5, 5.41) is 9.32. The summed E-state index contributed by atoms with van der Waals surface area (Å²) in [4.78, 5) is 12.2. The Morgan fingerprint density at radius 1 is 1.19 bits per heavy atom. The van der Waals surface area contributed by atoms with E-state index >= 15 is 0 Å². The van der Waals surface area contributed by atoms with Crippen LogP contribution in [0.15, 0.2) is 54.6 Å². The number of hydrogen-bond donors (Lipinski definition) is 0. The van der Waals surface area contributed by atoms with Crippen molar-refractivity contribution >= 4 is 12.0 Å². The average Bonchev–Trinajstić information content (AvgIpc) is 2.70. The van der Waals surface area contributed by atoms with E-state index in [0.717, 1.165) is 24.0 Å². The maximum Gasteiger partial charge on any atom is 0.336 e. The first-order valence-electron chi connectivity index (χ1n) is 9.64. The summed E-state index contributed by atoms with van der Waals surface area (Å²) < 4.78 is 5.45. The molecule has 0 aliphatic carbocycles. The topological polar surface area (TPSA) is 50.1 Å². The van der Waals surface area contributed by atoms with E-state index in [0.29, 0.717) is 17.2 Å². The van der Waals surface area contributed by atoms with Gasteiger partial charge in [-0.15, -0.1) is 0 Å². The predicted molar refractivity (Wildman–Crippen MR) is 109 cm³/mol. The maximum absolute atomic E-state index is 12.2. The summed E-state index contributed by atoms with van der Waals surface area (Å²) in [5.74, 6) is 0.466. The lowest BCUT2D eigenvalue weighted by atomic mass is 9.91. The smallest absolute Gasteiger partial charge is 0.336 e. The molecular weight excluding hydrogens is 334 g/mol. The molecule has 3 heteroatoms. The molecule has 0 amide bonds. The zero-order chi connectivity index (χ0) is 19.5. The molecule has 0 fully saturated rings. The van der Waals surface area contributed by atoms with Gasteiger partial charge in [0.2, 0.25) is 0 Å². The standard InChI is InChI=1S/C24H27NO2/c1-3-5-9-19(4-2)16-21-12-14-22(18-25)23(17-21)27-24(26)15-13-20-10-7-6-8-11-20/h6-8,10-15,17,19H,3-5,9,16H2,1-2H3/b15-13+. The highest BCUT2D eigenvalue weighted by atomic mass is 16.5. The summed E-state index contributed by atoms with van der Waals surface area (Å²) in [6, 6.07) is 17.2. The van der Waals surface area contributed by atoms with Crippen molar-refractivity contribution in [3.63, 3.8) is 0 Å². The molecule has 0 saturated heterocycles. The molecular formula is C24H27NO2. The first kappa shape index (κ1) is 20.5. The van der Waals surface area contributed by atoms with E-state index in [9.17, 15) is 10.1 Å². The van der Waals surface area contributed by atoms with Crippen LogP contribution in [-0.4, -0.2) is 5.97 Å². The van der Waals surface area contributed by atoms with Crippen molar-refractivity contribution in [1.29, 1.82) is 5.26 Å². The van der Waals surface area contributed by atoms with Crippen molar-refractivity contribution in [3.05, 3.63) is 71.3 Å². The Kier molecular flexibility index (Phi) is 8.32. The van der Waals surface area contributed by atoms with Gasteiger partial charge < -0.3 is 4.74 Å². The summed E-state index contributed by atoms with van der Waals surface area (Å²) in [6.07, 6.45) is 8.76. The SMILES string of the molecule is CCCCC(CC)Cc1ccc(C#N)c(OC(=O)/C=C/c2ccccc2)c1. The Bertz CT molecular complexity index is 803. The second-order valence-corrected chi connectivity index (χ2v) is 6.73. The monoisotopic (exact) mass is 361 g/mol. The normalized spacial score (nSPS) is 11.9. The number of hydrogen-bond acceptors (Lipinski definition) is 3. The van der Waals surface area contributed by atoms with Gasteiger partial charge in [0.25, 0.3) is 0 Å². The minimum atomic E-state index is -0.481. The van der Waals surface area contributed by atoms with Crippen LogP contribution in [0.4, 0.5) is 0 Å². The number of rotatable bonds is 9. The van der Waals surface area contributed by atoms with E-state index in [2.05, 4.69) is 19.9 Å². The summed E-state index contributed by atoms with van der Waals surface area (Å²) in [7, 11) is 0. The molecule has 2 aromatic carbocycles. The van der Waals surface area contributed by atoms with Crippen molar-refractivity contribution in [1.82, 2.24) is 0 Å². The van der Waals surface area contributed by atoms with Gasteiger partial charge in [-0.25, -0.2) is 4.79 Å². The Morgan fingerprint density at radius 2 is 1.96 bits per heavy atom. The molecule has 1 unspecified atom stereocenters. The number of nitrogens with zero attached hydrogens (tertiary/aromatic N) is 1. The molecule has 0 aliphatic heterocycles. The van der Waals surface area contributed by atoms with Gasteiger partial charge in [0, 0.05) is 6.08 Å². The molecule has 0 heterocycles. The van der Waals surface area contributed by atoms with E-state index in [1.165, 1.54) is 25.3 Å². The van der Waals surface area contributed by atoms with Crippen LogP contribution in [0, 0.1) is 17.2 Å². The number of ether oxygens (including phenoxy) is 1. The van der Waals surface area contributed by atoms with E-state index in [1.807, 2.05) is 42.5 Å². The summed E-state index contributed by atoms with van der Waals surface area (Å²) >= 11 is 0. The fraction of sp³-hybridized carbons (Fsp3) is 0.333. The number of carbonyl (C=O) groups excluding carboxylic acids is 1. The minimum Gasteiger partial charge on any atom is -0.422 e. The van der Waals surface area contributed by atoms with E-state index in [-0.39, 0.29) is 0 Å². The highest BCUT2D eigenvalue weighted by molar-refractivity contribution is 5.89. The number of carbonyl (C=O) groups is 1. The van der Waals surface area contributed by atoms with Crippen LogP contribution in [-0.2, 0) is 11.2 Å². The molecule has 0 bridgehead atoms. The van der Waals surface area contributed by atoms with Gasteiger partial charge in [0.1, 0.15) is 11.8 Å². The Morgan fingerprint density at radius 3 is 2.63 bits per heavy atom. The predicted octanol–water partition coefficient (Wildman–Crippen LogP) is 5.94. The van der Waals surface area contributed by atoms with Crippen molar-refractivity contribution in [2.45, 2.75) is 46.0 Å². The van der Waals surface area contributed by atoms with Crippen molar-refractivity contribution < 1.29 is 9.53 Å². The van der Waals surface area contributed by atoms with Gasteiger partial charge in [-0.05, 0) is 41.7 Å². The first-order chi connectivity index (χ1) is 13.2. The molecule has 0 N–H and O–H groups in total. The van der Waals surface area contributed by atoms with Crippen LogP contribution in [0.2, 0.25) is 0 Å². The van der Waals surface area contributed by atoms with Gasteiger partial charge in [0.05, 0.1) is 5.56 Å². The lowest BCUT2D eigenvalue weighted by Crippen LogP contribution is -2.07. The van der Waals surface area contributed by atoms with E-state index in [4.69, 9.17) is 4.74 Å². The van der Waals surface area contributed by atoms with Crippen LogP contribution in [0.1, 0.15) is 56.2 Å². The Labute approximate surface area is 162 Å². The molecule has 140 valence electrons. The van der Waals surface area contributed by atoms with E-state index in [1.54, 1.807) is 12.1 Å². The van der Waals surface area contributed by atoms with Gasteiger partial charge in [-0.3, -0.25) is 0 Å². The van der Waals surface area contributed by atoms with Crippen molar-refractivity contribution in [2.75, 3.05) is 0 Å². The Balaban J connectivity index is 2.09. The largest absolute Gasteiger partial charge is 0.422 e. The highest BCUT2D eigenvalue weighted by Gasteiger charge is 2.12. The average molecular weight is 361 g/mol. The summed E-state index contributed by atoms with van der Waals surface area (Å²) in [6.45, 7) is 4.41. The third-order valence-corrected chi connectivity index (χ3v) is 4.66. The molecule has 0 aromatic heterocycles. The van der Waals surface area contributed by atoms with Crippen LogP contribution in [0.5, 0.6) is 5.75 Å². The fourth-order valence-corrected chi connectivity index (χ4v) is 3.02. The molecule has 27 heavy (non-hydrogen) atoms. The molecule has 2 rings (SSSR count). The van der Waals surface area contributed by atoms with Gasteiger partial charge in [-0.1, -0.05) is 75.9 Å². The number of nitriles is 1. The Hall–Kier alpha value is -2.86. The van der Waals surface area contributed by atoms with Gasteiger partial charge in [-0.2, -0.15) is 5.26 Å². The first-order valence-corrected chi connectivity index (χ1v) is 9.64. The van der Waals surface area contributed by atoms with Crippen molar-refractivity contribution in [3.8, 4) is 11.8 Å². The zero-order valence-electron chi connectivity index (χ0n) is 16.2. The quantitative estimate of drug-likeness (QED) is 0.316. The van der Waals surface area contributed by atoms with Crippen LogP contribution < -0.4 is 4.74 Å². The van der Waals surface area contributed by atoms with Crippen LogP contribution in [0.3, 0.4) is 0 Å². The number of esters is 1. The summed E-state index contributed by atoms with van der Waals surface area (Å²) in [5.41, 5.74) is 2.40. The molecule has 0 saturated carbocycles. The third-order valence-electron chi connectivity index (χ3n) is 4.66. The maximum atomic E-state index is 12.2. The minimum absolute atomic E-state index is 0.336. The van der Waals surface area contributed by atoms with Crippen LogP contribution in [0.25, 0.3) is 6.08 Å². The molecule has 0 aliphatic rings. The second kappa shape index (κ2) is 11.0. The van der Waals surface area contributed by atoms with Crippen molar-refractivity contribution in [2.24, 2.45) is 5.92 Å². The third kappa shape index (κ3) is 6.75. The molecule has 0 spiro atoms. The van der Waals surface area contributed by atoms with Gasteiger partial charge in [0.15, 0.2) is 0 Å².